The fraction of sp³-hybridized carbons (Fsp3) is 1.00. The molecule has 0 radical (unpaired) electrons. The number of unbranched alkanes of at least 4 members (excludes halogenated alkanes) is 6. The molecule has 0 aromatic heterocycles. The lowest BCUT2D eigenvalue weighted by molar-refractivity contribution is 0.128. The molecule has 0 bridgehead atoms. The highest BCUT2D eigenvalue weighted by atomic mass is 16.3. The summed E-state index contributed by atoms with van der Waals surface area (Å²) in [5.74, 6) is 0.477. The molecule has 0 aromatic rings. The van der Waals surface area contributed by atoms with Crippen molar-refractivity contribution in [3.8, 4) is 0 Å². The molecule has 2 atom stereocenters. The van der Waals surface area contributed by atoms with Crippen molar-refractivity contribution in [2.24, 2.45) is 5.92 Å². The fourth-order valence-corrected chi connectivity index (χ4v) is 1.66. The predicted molar refractivity (Wildman–Crippen MR) is 63.5 cm³/mol. The summed E-state index contributed by atoms with van der Waals surface area (Å²) in [6, 6.07) is 0. The van der Waals surface area contributed by atoms with Crippen LogP contribution in [0.15, 0.2) is 0 Å². The summed E-state index contributed by atoms with van der Waals surface area (Å²) in [6.07, 6.45) is 10.6. The van der Waals surface area contributed by atoms with Gasteiger partial charge in [0.1, 0.15) is 0 Å². The van der Waals surface area contributed by atoms with Crippen molar-refractivity contribution < 1.29 is 5.11 Å². The molecule has 0 spiro atoms. The molecule has 14 heavy (non-hydrogen) atoms. The van der Waals surface area contributed by atoms with Crippen LogP contribution < -0.4 is 0 Å². The molecule has 1 heteroatoms. The first-order chi connectivity index (χ1) is 6.68. The van der Waals surface area contributed by atoms with Gasteiger partial charge in [-0.3, -0.25) is 0 Å². The highest BCUT2D eigenvalue weighted by molar-refractivity contribution is 4.59. The molecule has 0 aliphatic carbocycles. The predicted octanol–water partition coefficient (Wildman–Crippen LogP) is 4.14. The van der Waals surface area contributed by atoms with Crippen LogP contribution >= 0.6 is 0 Å². The van der Waals surface area contributed by atoms with E-state index < -0.39 is 0 Å². The number of aliphatic hydroxyl groups excluding tert-OH is 1. The van der Waals surface area contributed by atoms with Gasteiger partial charge in [0.25, 0.3) is 0 Å². The summed E-state index contributed by atoms with van der Waals surface area (Å²) in [5, 5.41) is 9.29. The second-order valence-electron chi connectivity index (χ2n) is 4.63. The van der Waals surface area contributed by atoms with E-state index in [2.05, 4.69) is 13.8 Å². The normalized spacial score (nSPS) is 15.4. The molecule has 0 heterocycles. The summed E-state index contributed by atoms with van der Waals surface area (Å²) in [4.78, 5) is 0. The van der Waals surface area contributed by atoms with Gasteiger partial charge in [-0.1, -0.05) is 58.8 Å². The topological polar surface area (TPSA) is 20.2 Å². The van der Waals surface area contributed by atoms with Crippen molar-refractivity contribution in [1.29, 1.82) is 0 Å². The Kier molecular flexibility index (Phi) is 9.49. The number of aliphatic hydroxyl groups is 1. The third-order valence-corrected chi connectivity index (χ3v) is 3.09. The molecule has 0 rings (SSSR count). The maximum Gasteiger partial charge on any atom is 0.0537 e. The molecule has 0 fully saturated rings. The average Bonchev–Trinajstić information content (AvgIpc) is 2.16. The van der Waals surface area contributed by atoms with Gasteiger partial charge < -0.3 is 5.11 Å². The number of hydrogen-bond donors (Lipinski definition) is 1. The number of hydrogen-bond acceptors (Lipinski definition) is 1. The second kappa shape index (κ2) is 9.51. The summed E-state index contributed by atoms with van der Waals surface area (Å²) in [7, 11) is 0. The van der Waals surface area contributed by atoms with E-state index in [-0.39, 0.29) is 6.10 Å². The van der Waals surface area contributed by atoms with E-state index in [1.165, 1.54) is 51.4 Å². The van der Waals surface area contributed by atoms with Crippen LogP contribution in [0, 0.1) is 5.92 Å². The quantitative estimate of drug-likeness (QED) is 0.554. The Balaban J connectivity index is 3.06. The van der Waals surface area contributed by atoms with E-state index in [1.807, 2.05) is 6.92 Å². The van der Waals surface area contributed by atoms with Crippen LogP contribution in [0.4, 0.5) is 0 Å². The van der Waals surface area contributed by atoms with Gasteiger partial charge in [-0.05, 0) is 19.3 Å². The Hall–Kier alpha value is -0.0400. The van der Waals surface area contributed by atoms with Gasteiger partial charge in [-0.15, -0.1) is 0 Å². The Labute approximate surface area is 89.9 Å². The van der Waals surface area contributed by atoms with Crippen LogP contribution in [-0.4, -0.2) is 11.2 Å². The first-order valence-electron chi connectivity index (χ1n) is 6.36. The van der Waals surface area contributed by atoms with E-state index in [9.17, 15) is 5.11 Å². The van der Waals surface area contributed by atoms with Crippen molar-refractivity contribution in [3.63, 3.8) is 0 Å². The van der Waals surface area contributed by atoms with Crippen molar-refractivity contribution in [2.45, 2.75) is 78.2 Å². The lowest BCUT2D eigenvalue weighted by Crippen LogP contribution is -2.12. The Morgan fingerprint density at radius 2 is 1.36 bits per heavy atom. The van der Waals surface area contributed by atoms with Crippen molar-refractivity contribution in [1.82, 2.24) is 0 Å². The van der Waals surface area contributed by atoms with Gasteiger partial charge in [0.2, 0.25) is 0 Å². The molecule has 1 unspecified atom stereocenters. The van der Waals surface area contributed by atoms with E-state index in [0.717, 1.165) is 0 Å². The molecule has 0 aliphatic rings. The zero-order chi connectivity index (χ0) is 10.8. The standard InChI is InChI=1S/C13H28O/c1-4-5-6-7-8-9-10-11-12(2)13(3)14/h12-14H,4-11H2,1-3H3/t12?,13-/m0/s1. The second-order valence-corrected chi connectivity index (χ2v) is 4.63. The van der Waals surface area contributed by atoms with E-state index >= 15 is 0 Å². The van der Waals surface area contributed by atoms with E-state index in [1.54, 1.807) is 0 Å². The van der Waals surface area contributed by atoms with Crippen LogP contribution in [-0.2, 0) is 0 Å². The summed E-state index contributed by atoms with van der Waals surface area (Å²) < 4.78 is 0. The van der Waals surface area contributed by atoms with E-state index in [0.29, 0.717) is 5.92 Å². The minimum Gasteiger partial charge on any atom is -0.393 e. The molecule has 0 aromatic carbocycles. The minimum absolute atomic E-state index is 0.130. The van der Waals surface area contributed by atoms with Crippen molar-refractivity contribution >= 4 is 0 Å². The Morgan fingerprint density at radius 1 is 0.857 bits per heavy atom. The van der Waals surface area contributed by atoms with Gasteiger partial charge >= 0.3 is 0 Å². The molecule has 0 saturated heterocycles. The van der Waals surface area contributed by atoms with Gasteiger partial charge in [-0.2, -0.15) is 0 Å². The Bertz CT molecular complexity index is 110. The first kappa shape index (κ1) is 14.0. The molecule has 86 valence electrons. The molecular formula is C13H28O. The smallest absolute Gasteiger partial charge is 0.0537 e. The van der Waals surface area contributed by atoms with Gasteiger partial charge in [0.05, 0.1) is 6.10 Å². The van der Waals surface area contributed by atoms with Crippen molar-refractivity contribution in [2.75, 3.05) is 0 Å². The lowest BCUT2D eigenvalue weighted by atomic mass is 9.98. The molecule has 0 amide bonds. The van der Waals surface area contributed by atoms with Crippen LogP contribution in [0.1, 0.15) is 72.1 Å². The highest BCUT2D eigenvalue weighted by Gasteiger charge is 2.07. The van der Waals surface area contributed by atoms with Gasteiger partial charge in [-0.25, -0.2) is 0 Å². The largest absolute Gasteiger partial charge is 0.393 e. The SMILES string of the molecule is CCCCCCCCCC(C)[C@H](C)O. The monoisotopic (exact) mass is 200 g/mol. The van der Waals surface area contributed by atoms with Crippen LogP contribution in [0.3, 0.4) is 0 Å². The first-order valence-corrected chi connectivity index (χ1v) is 6.36. The lowest BCUT2D eigenvalue weighted by Gasteiger charge is -2.13. The molecule has 1 nitrogen and oxygen atoms in total. The zero-order valence-electron chi connectivity index (χ0n) is 10.3. The Morgan fingerprint density at radius 3 is 1.86 bits per heavy atom. The van der Waals surface area contributed by atoms with Crippen LogP contribution in [0.25, 0.3) is 0 Å². The summed E-state index contributed by atoms with van der Waals surface area (Å²) in [5.41, 5.74) is 0. The molecule has 0 saturated carbocycles. The zero-order valence-corrected chi connectivity index (χ0v) is 10.3. The third-order valence-electron chi connectivity index (χ3n) is 3.09. The maximum atomic E-state index is 9.29. The van der Waals surface area contributed by atoms with Crippen LogP contribution in [0.5, 0.6) is 0 Å². The van der Waals surface area contributed by atoms with Crippen molar-refractivity contribution in [3.05, 3.63) is 0 Å². The highest BCUT2D eigenvalue weighted by Crippen LogP contribution is 2.14. The molecule has 0 aliphatic heterocycles. The third kappa shape index (κ3) is 8.55. The molecular weight excluding hydrogens is 172 g/mol. The number of rotatable bonds is 9. The summed E-state index contributed by atoms with van der Waals surface area (Å²) >= 11 is 0. The van der Waals surface area contributed by atoms with Gasteiger partial charge in [0.15, 0.2) is 0 Å². The van der Waals surface area contributed by atoms with Crippen LogP contribution in [0.2, 0.25) is 0 Å². The molecule has 1 N–H and O–H groups in total. The van der Waals surface area contributed by atoms with E-state index in [4.69, 9.17) is 0 Å². The fourth-order valence-electron chi connectivity index (χ4n) is 1.66. The van der Waals surface area contributed by atoms with Gasteiger partial charge in [0, 0.05) is 0 Å². The average molecular weight is 200 g/mol. The summed E-state index contributed by atoms with van der Waals surface area (Å²) in [6.45, 7) is 6.29. The maximum absolute atomic E-state index is 9.29. The minimum atomic E-state index is -0.130.